The Morgan fingerprint density at radius 2 is 2.12 bits per heavy atom. The van der Waals surface area contributed by atoms with E-state index in [1.54, 1.807) is 20.8 Å². The third-order valence-electron chi connectivity index (χ3n) is 2.33. The maximum absolute atomic E-state index is 11.6. The van der Waals surface area contributed by atoms with Gasteiger partial charge in [0.1, 0.15) is 12.3 Å². The summed E-state index contributed by atoms with van der Waals surface area (Å²) in [6.07, 6.45) is 0. The molecule has 6 heteroatoms. The summed E-state index contributed by atoms with van der Waals surface area (Å²) in [4.78, 5) is 21.9. The highest BCUT2D eigenvalue weighted by Gasteiger charge is 2.22. The van der Waals surface area contributed by atoms with E-state index >= 15 is 0 Å². The summed E-state index contributed by atoms with van der Waals surface area (Å²) in [6.45, 7) is 4.76. The van der Waals surface area contributed by atoms with Crippen LogP contribution in [0.3, 0.4) is 0 Å². The molecule has 0 saturated heterocycles. The molecule has 1 heterocycles. The lowest BCUT2D eigenvalue weighted by Crippen LogP contribution is -2.32. The van der Waals surface area contributed by atoms with Crippen molar-refractivity contribution < 1.29 is 19.2 Å². The topological polar surface area (TPSA) is 92.4 Å². The average Bonchev–Trinajstić information content (AvgIpc) is 2.54. The molecule has 0 fully saturated rings. The van der Waals surface area contributed by atoms with Gasteiger partial charge in [0.25, 0.3) is 0 Å². The van der Waals surface area contributed by atoms with Crippen LogP contribution in [0.5, 0.6) is 0 Å². The molecule has 6 nitrogen and oxygen atoms in total. The molecule has 16 heavy (non-hydrogen) atoms. The minimum atomic E-state index is -1.07. The van der Waals surface area contributed by atoms with Gasteiger partial charge in [-0.05, 0) is 20.8 Å². The summed E-state index contributed by atoms with van der Waals surface area (Å²) < 4.78 is 4.95. The molecule has 0 aliphatic rings. The van der Waals surface area contributed by atoms with Crippen LogP contribution in [0, 0.1) is 13.8 Å². The van der Waals surface area contributed by atoms with E-state index in [-0.39, 0.29) is 12.5 Å². The first-order valence-electron chi connectivity index (χ1n) is 4.85. The molecule has 1 unspecified atom stereocenters. The zero-order valence-electron chi connectivity index (χ0n) is 9.40. The minimum absolute atomic E-state index is 0.350. The predicted octanol–water partition coefficient (Wildman–Crippen LogP) is 0.596. The van der Waals surface area contributed by atoms with E-state index in [1.165, 1.54) is 0 Å². The summed E-state index contributed by atoms with van der Waals surface area (Å²) in [5, 5.41) is 14.5. The summed E-state index contributed by atoms with van der Waals surface area (Å²) >= 11 is 0. The smallest absolute Gasteiger partial charge is 0.322 e. The Labute approximate surface area is 92.6 Å². The average molecular weight is 226 g/mol. The number of nitrogens with zero attached hydrogens (tertiary/aromatic N) is 1. The van der Waals surface area contributed by atoms with Gasteiger partial charge in [-0.25, -0.2) is 0 Å². The highest BCUT2D eigenvalue weighted by Crippen LogP contribution is 2.22. The number of hydrogen-bond donors (Lipinski definition) is 2. The van der Waals surface area contributed by atoms with Gasteiger partial charge in [0.05, 0.1) is 11.6 Å². The van der Waals surface area contributed by atoms with Crippen molar-refractivity contribution in [3.05, 3.63) is 17.0 Å². The fourth-order valence-corrected chi connectivity index (χ4v) is 1.56. The normalized spacial score (nSPS) is 12.2. The lowest BCUT2D eigenvalue weighted by molar-refractivity contribution is -0.138. The van der Waals surface area contributed by atoms with Gasteiger partial charge in [0, 0.05) is 5.56 Å². The van der Waals surface area contributed by atoms with E-state index in [1.807, 2.05) is 0 Å². The van der Waals surface area contributed by atoms with Crippen LogP contribution in [0.25, 0.3) is 0 Å². The number of aromatic nitrogens is 1. The van der Waals surface area contributed by atoms with E-state index < -0.39 is 11.9 Å². The first kappa shape index (κ1) is 12.2. The first-order valence-corrected chi connectivity index (χ1v) is 4.85. The van der Waals surface area contributed by atoms with Gasteiger partial charge in [-0.15, -0.1) is 0 Å². The van der Waals surface area contributed by atoms with Gasteiger partial charge in [-0.3, -0.25) is 9.59 Å². The van der Waals surface area contributed by atoms with E-state index in [2.05, 4.69) is 10.5 Å². The Morgan fingerprint density at radius 1 is 1.50 bits per heavy atom. The number of carbonyl (C=O) groups excluding carboxylic acids is 1. The van der Waals surface area contributed by atoms with Crippen molar-refractivity contribution in [3.63, 3.8) is 0 Å². The van der Waals surface area contributed by atoms with E-state index in [9.17, 15) is 9.59 Å². The number of aliphatic carboxylic acids is 1. The van der Waals surface area contributed by atoms with Gasteiger partial charge in [0.15, 0.2) is 0 Å². The van der Waals surface area contributed by atoms with Crippen molar-refractivity contribution in [3.8, 4) is 0 Å². The molecule has 1 aromatic heterocycles. The van der Waals surface area contributed by atoms with Gasteiger partial charge >= 0.3 is 5.97 Å². The summed E-state index contributed by atoms with van der Waals surface area (Å²) in [5.41, 5.74) is 1.36. The molecule has 0 bridgehead atoms. The Hall–Kier alpha value is -1.85. The molecule has 2 N–H and O–H groups in total. The number of hydrogen-bond acceptors (Lipinski definition) is 4. The second-order valence-electron chi connectivity index (χ2n) is 3.57. The number of carboxylic acids is 1. The SMILES string of the molecule is Cc1noc(C)c1C(C)C(=O)NCC(=O)O. The van der Waals surface area contributed by atoms with Crippen LogP contribution in [-0.2, 0) is 9.59 Å². The Balaban J connectivity index is 2.74. The molecular weight excluding hydrogens is 212 g/mol. The molecule has 88 valence electrons. The molecule has 0 aliphatic heterocycles. The van der Waals surface area contributed by atoms with Crippen LogP contribution >= 0.6 is 0 Å². The molecular formula is C10H14N2O4. The number of aryl methyl sites for hydroxylation is 2. The van der Waals surface area contributed by atoms with Gasteiger partial charge in [-0.1, -0.05) is 5.16 Å². The number of carbonyl (C=O) groups is 2. The number of nitrogens with one attached hydrogen (secondary N) is 1. The van der Waals surface area contributed by atoms with E-state index in [0.29, 0.717) is 17.0 Å². The summed E-state index contributed by atoms with van der Waals surface area (Å²) in [5.74, 6) is -1.31. The predicted molar refractivity (Wildman–Crippen MR) is 55.0 cm³/mol. The largest absolute Gasteiger partial charge is 0.480 e. The Bertz CT molecular complexity index is 391. The molecule has 1 atom stereocenters. The van der Waals surface area contributed by atoms with Gasteiger partial charge in [-0.2, -0.15) is 0 Å². The lowest BCUT2D eigenvalue weighted by atomic mass is 9.99. The summed E-state index contributed by atoms with van der Waals surface area (Å²) in [6, 6.07) is 0. The van der Waals surface area contributed by atoms with Gasteiger partial charge in [0.2, 0.25) is 5.91 Å². The minimum Gasteiger partial charge on any atom is -0.480 e. The van der Waals surface area contributed by atoms with Crippen molar-refractivity contribution in [1.82, 2.24) is 10.5 Å². The molecule has 1 rings (SSSR count). The number of carboxylic acid groups (broad SMARTS) is 1. The number of amides is 1. The first-order chi connectivity index (χ1) is 7.43. The van der Waals surface area contributed by atoms with Crippen molar-refractivity contribution in [2.45, 2.75) is 26.7 Å². The fourth-order valence-electron chi connectivity index (χ4n) is 1.56. The lowest BCUT2D eigenvalue weighted by Gasteiger charge is -2.10. The van der Waals surface area contributed by atoms with Crippen LogP contribution in [0.1, 0.15) is 29.9 Å². The molecule has 0 radical (unpaired) electrons. The standard InChI is InChI=1S/C10H14N2O4/c1-5(10(15)11-4-8(13)14)9-6(2)12-16-7(9)3/h5H,4H2,1-3H3,(H,11,15)(H,13,14). The monoisotopic (exact) mass is 226 g/mol. The summed E-state index contributed by atoms with van der Waals surface area (Å²) in [7, 11) is 0. The quantitative estimate of drug-likeness (QED) is 0.784. The third kappa shape index (κ3) is 2.59. The van der Waals surface area contributed by atoms with Crippen molar-refractivity contribution in [2.75, 3.05) is 6.54 Å². The van der Waals surface area contributed by atoms with Crippen molar-refractivity contribution >= 4 is 11.9 Å². The second kappa shape index (κ2) is 4.78. The molecule has 0 aliphatic carbocycles. The molecule has 0 aromatic carbocycles. The van der Waals surface area contributed by atoms with Crippen LogP contribution in [0.2, 0.25) is 0 Å². The van der Waals surface area contributed by atoms with Crippen LogP contribution in [0.15, 0.2) is 4.52 Å². The highest BCUT2D eigenvalue weighted by atomic mass is 16.5. The Kier molecular flexibility index (Phi) is 3.65. The molecule has 0 saturated carbocycles. The molecule has 1 amide bonds. The van der Waals surface area contributed by atoms with Crippen LogP contribution in [0.4, 0.5) is 0 Å². The van der Waals surface area contributed by atoms with Crippen LogP contribution in [-0.4, -0.2) is 28.7 Å². The molecule has 0 spiro atoms. The van der Waals surface area contributed by atoms with E-state index in [4.69, 9.17) is 9.63 Å². The Morgan fingerprint density at radius 3 is 2.56 bits per heavy atom. The second-order valence-corrected chi connectivity index (χ2v) is 3.57. The zero-order valence-corrected chi connectivity index (χ0v) is 9.40. The third-order valence-corrected chi connectivity index (χ3v) is 2.33. The van der Waals surface area contributed by atoms with Crippen molar-refractivity contribution in [2.24, 2.45) is 0 Å². The maximum Gasteiger partial charge on any atom is 0.322 e. The maximum atomic E-state index is 11.6. The van der Waals surface area contributed by atoms with Crippen LogP contribution < -0.4 is 5.32 Å². The highest BCUT2D eigenvalue weighted by molar-refractivity contribution is 5.86. The number of rotatable bonds is 4. The van der Waals surface area contributed by atoms with Crippen molar-refractivity contribution in [1.29, 1.82) is 0 Å². The zero-order chi connectivity index (χ0) is 12.3. The molecule has 1 aromatic rings. The van der Waals surface area contributed by atoms with E-state index in [0.717, 1.165) is 0 Å². The van der Waals surface area contributed by atoms with Gasteiger partial charge < -0.3 is 14.9 Å². The fraction of sp³-hybridized carbons (Fsp3) is 0.500.